The Bertz CT molecular complexity index is 838. The number of halogens is 1. The quantitative estimate of drug-likeness (QED) is 0.844. The zero-order valence-corrected chi connectivity index (χ0v) is 16.6. The van der Waals surface area contributed by atoms with Gasteiger partial charge in [0.2, 0.25) is 0 Å². The number of anilines is 1. The topological polar surface area (TPSA) is 65.4 Å². The molecule has 2 aliphatic heterocycles. The second kappa shape index (κ2) is 9.32. The van der Waals surface area contributed by atoms with Crippen LogP contribution < -0.4 is 9.64 Å². The van der Waals surface area contributed by atoms with Crippen molar-refractivity contribution in [1.29, 1.82) is 0 Å². The van der Waals surface area contributed by atoms with Crippen LogP contribution in [0, 0.1) is 0 Å². The van der Waals surface area contributed by atoms with E-state index in [4.69, 9.17) is 9.40 Å². The number of hydrogen-bond donors (Lipinski definition) is 1. The van der Waals surface area contributed by atoms with Crippen LogP contribution in [-0.4, -0.2) is 58.6 Å². The minimum Gasteiger partial charge on any atom is -0.497 e. The fourth-order valence-corrected chi connectivity index (χ4v) is 4.51. The lowest BCUT2D eigenvalue weighted by Crippen LogP contribution is -2.48. The normalized spacial score (nSPS) is 19.0. The van der Waals surface area contributed by atoms with E-state index in [0.29, 0.717) is 6.54 Å². The van der Waals surface area contributed by atoms with Gasteiger partial charge in [0.1, 0.15) is 21.6 Å². The number of fused-ring (bicyclic) bond motifs is 1. The highest BCUT2D eigenvalue weighted by Crippen LogP contribution is 2.30. The van der Waals surface area contributed by atoms with Crippen molar-refractivity contribution >= 4 is 39.1 Å². The molecule has 6 nitrogen and oxygen atoms in total. The summed E-state index contributed by atoms with van der Waals surface area (Å²) in [6.45, 7) is 4.43. The van der Waals surface area contributed by atoms with Gasteiger partial charge in [-0.3, -0.25) is 9.56 Å². The largest absolute Gasteiger partial charge is 0.497 e. The molecule has 1 saturated heterocycles. The summed E-state index contributed by atoms with van der Waals surface area (Å²) >= 11 is 3.64. The van der Waals surface area contributed by atoms with Gasteiger partial charge in [-0.15, -0.1) is 0 Å². The summed E-state index contributed by atoms with van der Waals surface area (Å²) in [5.41, 5.74) is 2.04. The Balaban J connectivity index is 0.00000102. The third-order valence-corrected chi connectivity index (χ3v) is 6.07. The molecular weight excluding hydrogens is 386 g/mol. The Kier molecular flexibility index (Phi) is 6.84. The van der Waals surface area contributed by atoms with Crippen LogP contribution in [0.5, 0.6) is 5.75 Å². The maximum atomic E-state index is 12.6. The van der Waals surface area contributed by atoms with Crippen molar-refractivity contribution in [3.8, 4) is 5.75 Å². The van der Waals surface area contributed by atoms with Crippen molar-refractivity contribution in [1.82, 2.24) is 4.90 Å². The lowest BCUT2D eigenvalue weighted by Gasteiger charge is -2.36. The molecule has 0 saturated carbocycles. The highest BCUT2D eigenvalue weighted by molar-refractivity contribution is 8.01. The molecule has 0 amide bonds. The first-order valence-electron chi connectivity index (χ1n) is 8.61. The van der Waals surface area contributed by atoms with E-state index >= 15 is 0 Å². The number of benzene rings is 2. The van der Waals surface area contributed by atoms with Gasteiger partial charge in [-0.25, -0.2) is 9.20 Å². The minimum atomic E-state index is -1.11. The number of hydrogen-bond acceptors (Lipinski definition) is 6. The zero-order chi connectivity index (χ0) is 19.2. The van der Waals surface area contributed by atoms with E-state index < -0.39 is 10.8 Å². The molecule has 1 fully saturated rings. The number of para-hydroxylation sites is 1. The standard InChI is InChI=1S/C19H21N3O2S.ClHO/c1-24-16-6-4-5-15(13-16)22-11-9-21(10-12-22)14-19-20-17-7-2-3-8-18(17)25(19)23;1-2/h2-8,13H,9-12,14H2,1H3;2H. The molecule has 1 unspecified atom stereocenters. The van der Waals surface area contributed by atoms with Crippen molar-refractivity contribution < 1.29 is 13.6 Å². The summed E-state index contributed by atoms with van der Waals surface area (Å²) in [6, 6.07) is 15.9. The number of aliphatic imine (C=N–C) groups is 1. The number of ether oxygens (including phenoxy) is 1. The summed E-state index contributed by atoms with van der Waals surface area (Å²) < 4.78 is 24.3. The van der Waals surface area contributed by atoms with Crippen LogP contribution >= 0.6 is 11.9 Å². The van der Waals surface area contributed by atoms with E-state index in [1.165, 1.54) is 5.69 Å². The highest BCUT2D eigenvalue weighted by atomic mass is 35.5. The Hall–Kier alpha value is -1.93. The lowest BCUT2D eigenvalue weighted by molar-refractivity contribution is 0.293. The molecule has 2 aromatic rings. The van der Waals surface area contributed by atoms with Gasteiger partial charge in [-0.1, -0.05) is 18.2 Å². The van der Waals surface area contributed by atoms with E-state index in [0.717, 1.165) is 47.6 Å². The van der Waals surface area contributed by atoms with E-state index in [-0.39, 0.29) is 0 Å². The van der Waals surface area contributed by atoms with E-state index in [2.05, 4.69) is 38.8 Å². The highest BCUT2D eigenvalue weighted by Gasteiger charge is 2.26. The number of methoxy groups -OCH3 is 1. The van der Waals surface area contributed by atoms with Crippen LogP contribution in [0.15, 0.2) is 58.4 Å². The molecule has 4 rings (SSSR count). The van der Waals surface area contributed by atoms with E-state index in [9.17, 15) is 4.21 Å². The SMILES string of the molecule is COc1cccc(N2CCN(CC3=Nc4ccccc4S3=O)CC2)c1.OCl. The molecule has 0 spiro atoms. The lowest BCUT2D eigenvalue weighted by atomic mass is 10.2. The van der Waals surface area contributed by atoms with Gasteiger partial charge >= 0.3 is 0 Å². The van der Waals surface area contributed by atoms with Gasteiger partial charge in [0.25, 0.3) is 0 Å². The summed E-state index contributed by atoms with van der Waals surface area (Å²) in [4.78, 5) is 10.1. The smallest absolute Gasteiger partial charge is 0.124 e. The van der Waals surface area contributed by atoms with Crippen molar-refractivity contribution in [2.24, 2.45) is 4.99 Å². The van der Waals surface area contributed by atoms with Crippen molar-refractivity contribution in [3.63, 3.8) is 0 Å². The number of rotatable bonds is 4. The molecule has 2 aromatic carbocycles. The van der Waals surface area contributed by atoms with Crippen LogP contribution in [0.3, 0.4) is 0 Å². The molecular formula is C19H22ClN3O3S. The molecule has 2 heterocycles. The summed E-state index contributed by atoms with van der Waals surface area (Å²) in [5, 5.41) is 0.774. The van der Waals surface area contributed by atoms with E-state index in [1.807, 2.05) is 36.4 Å². The molecule has 8 heteroatoms. The fraction of sp³-hybridized carbons (Fsp3) is 0.316. The average Bonchev–Trinajstić information content (AvgIpc) is 3.06. The molecule has 0 aromatic heterocycles. The second-order valence-corrected chi connectivity index (χ2v) is 7.66. The fourth-order valence-electron chi connectivity index (χ4n) is 3.27. The zero-order valence-electron chi connectivity index (χ0n) is 15.0. The van der Waals surface area contributed by atoms with Crippen LogP contribution in [0.4, 0.5) is 11.4 Å². The molecule has 1 N–H and O–H groups in total. The molecule has 0 aliphatic carbocycles. The van der Waals surface area contributed by atoms with Gasteiger partial charge in [0.05, 0.1) is 29.6 Å². The third-order valence-electron chi connectivity index (χ3n) is 4.67. The maximum absolute atomic E-state index is 12.6. The number of nitrogens with zero attached hydrogens (tertiary/aromatic N) is 3. The molecule has 0 radical (unpaired) electrons. The van der Waals surface area contributed by atoms with Gasteiger partial charge in [0, 0.05) is 44.5 Å². The Morgan fingerprint density at radius 1 is 1.11 bits per heavy atom. The first-order chi connectivity index (χ1) is 13.2. The van der Waals surface area contributed by atoms with Crippen LogP contribution in [0.2, 0.25) is 0 Å². The van der Waals surface area contributed by atoms with E-state index in [1.54, 1.807) is 7.11 Å². The Labute approximate surface area is 166 Å². The summed E-state index contributed by atoms with van der Waals surface area (Å²) in [7, 11) is 0.584. The van der Waals surface area contributed by atoms with Gasteiger partial charge in [-0.2, -0.15) is 0 Å². The van der Waals surface area contributed by atoms with Crippen molar-refractivity contribution in [3.05, 3.63) is 48.5 Å². The predicted molar refractivity (Wildman–Crippen MR) is 110 cm³/mol. The molecule has 1 atom stereocenters. The Morgan fingerprint density at radius 3 is 2.56 bits per heavy atom. The minimum absolute atomic E-state index is 0.674. The predicted octanol–water partition coefficient (Wildman–Crippen LogP) is 2.80. The van der Waals surface area contributed by atoms with Crippen molar-refractivity contribution in [2.75, 3.05) is 44.7 Å². The average molecular weight is 408 g/mol. The van der Waals surface area contributed by atoms with Gasteiger partial charge in [-0.05, 0) is 24.3 Å². The number of piperazine rings is 1. The summed E-state index contributed by atoms with van der Waals surface area (Å²) in [6.07, 6.45) is 0. The summed E-state index contributed by atoms with van der Waals surface area (Å²) in [5.74, 6) is 0.883. The molecule has 0 bridgehead atoms. The molecule has 2 aliphatic rings. The van der Waals surface area contributed by atoms with Crippen LogP contribution in [0.25, 0.3) is 0 Å². The van der Waals surface area contributed by atoms with Crippen LogP contribution in [0.1, 0.15) is 0 Å². The maximum Gasteiger partial charge on any atom is 0.124 e. The second-order valence-electron chi connectivity index (χ2n) is 6.21. The first kappa shape index (κ1) is 19.8. The third kappa shape index (κ3) is 4.50. The first-order valence-corrected chi connectivity index (χ1v) is 10.1. The van der Waals surface area contributed by atoms with Crippen molar-refractivity contribution in [2.45, 2.75) is 4.90 Å². The molecule has 27 heavy (non-hydrogen) atoms. The Morgan fingerprint density at radius 2 is 1.85 bits per heavy atom. The van der Waals surface area contributed by atoms with Gasteiger partial charge < -0.3 is 9.64 Å². The monoisotopic (exact) mass is 407 g/mol. The molecule has 144 valence electrons. The van der Waals surface area contributed by atoms with Gasteiger partial charge in [0.15, 0.2) is 0 Å². The van der Waals surface area contributed by atoms with Crippen LogP contribution in [-0.2, 0) is 10.8 Å².